The maximum atomic E-state index is 12.9. The minimum atomic E-state index is -0.882. The average Bonchev–Trinajstić information content (AvgIpc) is 3.44. The lowest BCUT2D eigenvalue weighted by atomic mass is 10.0. The first kappa shape index (κ1) is 31.4. The number of thioether (sulfide) groups is 1. The molecule has 3 heterocycles. The first-order valence-electron chi connectivity index (χ1n) is 13.0. The van der Waals surface area contributed by atoms with Crippen molar-refractivity contribution in [2.75, 3.05) is 25.2 Å². The van der Waals surface area contributed by atoms with Crippen LogP contribution in [0.5, 0.6) is 0 Å². The van der Waals surface area contributed by atoms with Gasteiger partial charge in [-0.05, 0) is 43.0 Å². The predicted molar refractivity (Wildman–Crippen MR) is 155 cm³/mol. The molecule has 2 amide bonds. The molecule has 4 rings (SSSR count). The van der Waals surface area contributed by atoms with Gasteiger partial charge in [0.15, 0.2) is 10.8 Å². The number of aromatic nitrogens is 1. The van der Waals surface area contributed by atoms with Gasteiger partial charge in [0.1, 0.15) is 36.5 Å². The summed E-state index contributed by atoms with van der Waals surface area (Å²) in [5.41, 5.74) is 6.45. The molecule has 0 bridgehead atoms. The van der Waals surface area contributed by atoms with Crippen molar-refractivity contribution in [2.24, 2.45) is 5.16 Å². The Morgan fingerprint density at radius 2 is 1.98 bits per heavy atom. The minimum absolute atomic E-state index is 0.0193. The van der Waals surface area contributed by atoms with Crippen LogP contribution in [-0.4, -0.2) is 75.2 Å². The van der Waals surface area contributed by atoms with E-state index in [1.807, 2.05) is 0 Å². The number of carbonyl (C=O) groups excluding carboxylic acids is 4. The van der Waals surface area contributed by atoms with Crippen LogP contribution in [0.4, 0.5) is 10.8 Å². The summed E-state index contributed by atoms with van der Waals surface area (Å²) in [6, 6.07) is 4.86. The number of fused-ring (bicyclic) bond motifs is 1. The van der Waals surface area contributed by atoms with Crippen molar-refractivity contribution in [3.8, 4) is 0 Å². The van der Waals surface area contributed by atoms with Crippen molar-refractivity contribution in [2.45, 2.75) is 43.7 Å². The number of oxime groups is 1. The predicted octanol–water partition coefficient (Wildman–Crippen LogP) is 2.11. The summed E-state index contributed by atoms with van der Waals surface area (Å²) in [7, 11) is 1.28. The molecule has 2 atom stereocenters. The number of hydrogen-bond acceptors (Lipinski definition) is 14. The molecule has 2 aliphatic rings. The van der Waals surface area contributed by atoms with Crippen LogP contribution in [-0.2, 0) is 40.1 Å². The number of esters is 2. The number of ether oxygens (including phenoxy) is 2. The fraction of sp³-hybridized carbons (Fsp3) is 0.385. The number of thiazole rings is 1. The zero-order chi connectivity index (χ0) is 30.9. The smallest absolute Gasteiger partial charge is 0.354 e. The third-order valence-corrected chi connectivity index (χ3v) is 8.17. The highest BCUT2D eigenvalue weighted by Crippen LogP contribution is 2.38. The van der Waals surface area contributed by atoms with Gasteiger partial charge in [0.05, 0.1) is 11.5 Å². The van der Waals surface area contributed by atoms with Crippen molar-refractivity contribution >= 4 is 63.4 Å². The molecule has 1 saturated heterocycles. The van der Waals surface area contributed by atoms with E-state index in [4.69, 9.17) is 20.0 Å². The van der Waals surface area contributed by atoms with Gasteiger partial charge in [-0.2, -0.15) is 0 Å². The van der Waals surface area contributed by atoms with E-state index < -0.39 is 40.1 Å². The number of β-lactam (4-membered cyclic amide) rings is 1. The van der Waals surface area contributed by atoms with Crippen molar-refractivity contribution < 1.29 is 38.4 Å². The van der Waals surface area contributed by atoms with E-state index in [1.165, 1.54) is 48.0 Å². The molecule has 0 radical (unpaired) electrons. The van der Waals surface area contributed by atoms with Gasteiger partial charge in [0.2, 0.25) is 0 Å². The Labute approximate surface area is 253 Å². The summed E-state index contributed by atoms with van der Waals surface area (Å²) in [6.45, 7) is 0.118. The van der Waals surface area contributed by atoms with Gasteiger partial charge in [-0.1, -0.05) is 5.16 Å². The lowest BCUT2D eigenvalue weighted by Gasteiger charge is -2.48. The number of benzene rings is 1. The molecule has 0 aliphatic carbocycles. The molecule has 15 nitrogen and oxygen atoms in total. The van der Waals surface area contributed by atoms with Crippen LogP contribution < -0.4 is 11.1 Å². The summed E-state index contributed by atoms with van der Waals surface area (Å²) in [6.07, 6.45) is 3.40. The Balaban J connectivity index is 1.16. The number of nitrogens with one attached hydrogen (secondary N) is 1. The number of unbranched alkanes of at least 4 members (excludes halogenated alkanes) is 2. The molecule has 0 spiro atoms. The number of hydrogen-bond donors (Lipinski definition) is 2. The molecular weight excluding hydrogens is 604 g/mol. The molecule has 17 heteroatoms. The van der Waals surface area contributed by atoms with Crippen LogP contribution in [0.1, 0.15) is 36.9 Å². The molecule has 1 fully saturated rings. The topological polar surface area (TPSA) is 206 Å². The third-order valence-electron chi connectivity index (χ3n) is 6.31. The van der Waals surface area contributed by atoms with E-state index in [0.29, 0.717) is 30.6 Å². The minimum Gasteiger partial charge on any atom is -0.461 e. The van der Waals surface area contributed by atoms with E-state index in [-0.39, 0.29) is 47.6 Å². The molecule has 1 aromatic carbocycles. The maximum Gasteiger partial charge on any atom is 0.354 e. The van der Waals surface area contributed by atoms with Crippen LogP contribution in [0, 0.1) is 10.1 Å². The molecular formula is C26H28N6O9S2. The number of carbonyl (C=O) groups is 4. The monoisotopic (exact) mass is 632 g/mol. The van der Waals surface area contributed by atoms with Gasteiger partial charge in [-0.3, -0.25) is 29.4 Å². The normalized spacial score (nSPS) is 17.7. The summed E-state index contributed by atoms with van der Waals surface area (Å²) in [4.78, 5) is 70.7. The fourth-order valence-electron chi connectivity index (χ4n) is 4.17. The third kappa shape index (κ3) is 7.86. The highest BCUT2D eigenvalue weighted by molar-refractivity contribution is 8.00. The molecule has 1 unspecified atom stereocenters. The zero-order valence-corrected chi connectivity index (χ0v) is 24.6. The van der Waals surface area contributed by atoms with E-state index in [1.54, 1.807) is 11.5 Å². The summed E-state index contributed by atoms with van der Waals surface area (Å²) < 4.78 is 10.5. The average molecular weight is 633 g/mol. The highest BCUT2D eigenvalue weighted by atomic mass is 32.2. The number of nitrogen functional groups attached to an aromatic ring is 1. The number of anilines is 1. The molecule has 0 saturated carbocycles. The second-order valence-corrected chi connectivity index (χ2v) is 11.2. The van der Waals surface area contributed by atoms with Crippen molar-refractivity contribution in [1.82, 2.24) is 15.2 Å². The second kappa shape index (κ2) is 14.6. The van der Waals surface area contributed by atoms with Gasteiger partial charge in [0, 0.05) is 29.7 Å². The summed E-state index contributed by atoms with van der Waals surface area (Å²) in [5.74, 6) is -1.74. The lowest BCUT2D eigenvalue weighted by molar-refractivity contribution is -0.384. The fourth-order valence-corrected chi connectivity index (χ4v) is 5.91. The van der Waals surface area contributed by atoms with Crippen molar-refractivity contribution in [1.29, 1.82) is 0 Å². The Bertz CT molecular complexity index is 1440. The Morgan fingerprint density at radius 1 is 1.21 bits per heavy atom. The zero-order valence-electron chi connectivity index (χ0n) is 22.9. The molecule has 3 N–H and O–H groups in total. The first-order chi connectivity index (χ1) is 20.7. The van der Waals surface area contributed by atoms with E-state index in [2.05, 4.69) is 15.5 Å². The molecule has 228 valence electrons. The lowest BCUT2D eigenvalue weighted by Crippen LogP contribution is -2.70. The van der Waals surface area contributed by atoms with E-state index in [0.717, 1.165) is 11.3 Å². The molecule has 2 aliphatic heterocycles. The molecule has 1 aromatic heterocycles. The van der Waals surface area contributed by atoms with Crippen LogP contribution in [0.3, 0.4) is 0 Å². The number of non-ortho nitro benzene ring substituents is 1. The number of nitro benzene ring substituents is 1. The summed E-state index contributed by atoms with van der Waals surface area (Å²) >= 11 is 2.51. The largest absolute Gasteiger partial charge is 0.461 e. The second-order valence-electron chi connectivity index (χ2n) is 9.20. The SMILES string of the molecule is CO/N=C(\C(=O)NC1C(=O)N2C(C(=O)OCCCCCC(=O)OCc3ccc([N+](=O)[O-])cc3)=CCS[C@H]12)c1csc(N)n1. The number of rotatable bonds is 14. The molecule has 2 aromatic rings. The van der Waals surface area contributed by atoms with Gasteiger partial charge >= 0.3 is 11.9 Å². The van der Waals surface area contributed by atoms with E-state index in [9.17, 15) is 29.3 Å². The standard InChI is InChI=1S/C26H28N6O9S2/c1-39-30-20(17-14-43-26(27)28-17)22(34)29-21-23(35)31-18(10-12-42-24(21)31)25(36)40-11-4-2-3-5-19(33)41-13-15-6-8-16(9-7-15)32(37)38/h6-10,14,21,24H,2-5,11-13H2,1H3,(H2,27,28)(H,29,34)/b30-20-/t21?,24-/m1/s1. The quantitative estimate of drug-likeness (QED) is 0.0767. The van der Waals surface area contributed by atoms with Crippen LogP contribution in [0.15, 0.2) is 46.6 Å². The van der Waals surface area contributed by atoms with Crippen LogP contribution >= 0.6 is 23.1 Å². The Kier molecular flexibility index (Phi) is 10.7. The highest BCUT2D eigenvalue weighted by Gasteiger charge is 2.53. The van der Waals surface area contributed by atoms with Gasteiger partial charge in [-0.15, -0.1) is 23.1 Å². The van der Waals surface area contributed by atoms with Gasteiger partial charge in [0.25, 0.3) is 17.5 Å². The summed E-state index contributed by atoms with van der Waals surface area (Å²) in [5, 5.41) is 18.3. The maximum absolute atomic E-state index is 12.9. The van der Waals surface area contributed by atoms with E-state index >= 15 is 0 Å². The van der Waals surface area contributed by atoms with Crippen LogP contribution in [0.25, 0.3) is 0 Å². The number of amides is 2. The number of nitro groups is 1. The van der Waals surface area contributed by atoms with Crippen molar-refractivity contribution in [3.63, 3.8) is 0 Å². The Hall–Kier alpha value is -4.51. The van der Waals surface area contributed by atoms with Crippen molar-refractivity contribution in [3.05, 3.63) is 62.8 Å². The van der Waals surface area contributed by atoms with Gasteiger partial charge in [-0.25, -0.2) is 9.78 Å². The first-order valence-corrected chi connectivity index (χ1v) is 15.0. The molecule has 43 heavy (non-hydrogen) atoms. The van der Waals surface area contributed by atoms with Gasteiger partial charge < -0.3 is 25.4 Å². The Morgan fingerprint density at radius 3 is 2.65 bits per heavy atom. The van der Waals surface area contributed by atoms with Crippen LogP contribution in [0.2, 0.25) is 0 Å². The number of nitrogens with zero attached hydrogens (tertiary/aromatic N) is 4. The number of nitrogens with two attached hydrogens (primary N) is 1.